The van der Waals surface area contributed by atoms with Gasteiger partial charge in [-0.2, -0.15) is 0 Å². The molecule has 0 radical (unpaired) electrons. The standard InChI is InChI=1S/C26H25N5O2S2/c1-15(2)31-24(20-11-12-33-17(20)4)29-30-26(31)34-14-23(32)27-19-8-6-18(7-9-19)25-28-21-10-5-16(3)13-22(21)35-25/h5-13,15H,14H2,1-4H3,(H,27,32). The van der Waals surface area contributed by atoms with Crippen molar-refractivity contribution in [2.45, 2.75) is 38.9 Å². The van der Waals surface area contributed by atoms with Gasteiger partial charge in [-0.1, -0.05) is 17.8 Å². The molecule has 0 aliphatic heterocycles. The van der Waals surface area contributed by atoms with E-state index in [1.54, 1.807) is 17.6 Å². The summed E-state index contributed by atoms with van der Waals surface area (Å²) in [6.07, 6.45) is 1.65. The number of furan rings is 1. The molecule has 3 aromatic heterocycles. The van der Waals surface area contributed by atoms with Crippen LogP contribution in [0.5, 0.6) is 0 Å². The van der Waals surface area contributed by atoms with E-state index in [0.29, 0.717) is 5.16 Å². The van der Waals surface area contributed by atoms with E-state index in [9.17, 15) is 4.79 Å². The first kappa shape index (κ1) is 23.3. The Kier molecular flexibility index (Phi) is 6.44. The minimum atomic E-state index is -0.0995. The van der Waals surface area contributed by atoms with E-state index in [1.165, 1.54) is 22.0 Å². The number of thiazole rings is 1. The second kappa shape index (κ2) is 9.67. The van der Waals surface area contributed by atoms with Gasteiger partial charge in [0.2, 0.25) is 5.91 Å². The van der Waals surface area contributed by atoms with Crippen LogP contribution in [0.15, 0.2) is 64.4 Å². The van der Waals surface area contributed by atoms with Crippen LogP contribution in [-0.4, -0.2) is 31.4 Å². The summed E-state index contributed by atoms with van der Waals surface area (Å²) < 4.78 is 8.64. The van der Waals surface area contributed by atoms with Crippen molar-refractivity contribution in [1.29, 1.82) is 0 Å². The van der Waals surface area contributed by atoms with Gasteiger partial charge in [0.1, 0.15) is 10.8 Å². The normalized spacial score (nSPS) is 11.5. The van der Waals surface area contributed by atoms with E-state index in [1.807, 2.05) is 41.8 Å². The van der Waals surface area contributed by atoms with E-state index < -0.39 is 0 Å². The summed E-state index contributed by atoms with van der Waals surface area (Å²) in [5.41, 5.74) is 4.92. The van der Waals surface area contributed by atoms with Gasteiger partial charge in [0.25, 0.3) is 0 Å². The molecule has 0 saturated heterocycles. The average molecular weight is 504 g/mol. The molecule has 0 bridgehead atoms. The van der Waals surface area contributed by atoms with Gasteiger partial charge in [-0.3, -0.25) is 9.36 Å². The molecule has 0 fully saturated rings. The molecule has 9 heteroatoms. The van der Waals surface area contributed by atoms with Crippen molar-refractivity contribution < 1.29 is 9.21 Å². The predicted molar refractivity (Wildman–Crippen MR) is 142 cm³/mol. The number of hydrogen-bond donors (Lipinski definition) is 1. The predicted octanol–water partition coefficient (Wildman–Crippen LogP) is 6.74. The van der Waals surface area contributed by atoms with Gasteiger partial charge >= 0.3 is 0 Å². The maximum Gasteiger partial charge on any atom is 0.234 e. The topological polar surface area (TPSA) is 85.8 Å². The molecule has 7 nitrogen and oxygen atoms in total. The lowest BCUT2D eigenvalue weighted by molar-refractivity contribution is -0.113. The summed E-state index contributed by atoms with van der Waals surface area (Å²) >= 11 is 3.04. The highest BCUT2D eigenvalue weighted by molar-refractivity contribution is 7.99. The first-order valence-corrected chi connectivity index (χ1v) is 13.1. The van der Waals surface area contributed by atoms with Crippen molar-refractivity contribution in [1.82, 2.24) is 19.7 Å². The number of nitrogens with zero attached hydrogens (tertiary/aromatic N) is 4. The van der Waals surface area contributed by atoms with Gasteiger partial charge in [-0.15, -0.1) is 21.5 Å². The zero-order chi connectivity index (χ0) is 24.5. The Hall–Kier alpha value is -3.43. The summed E-state index contributed by atoms with van der Waals surface area (Å²) in [5.74, 6) is 1.67. The minimum absolute atomic E-state index is 0.0995. The van der Waals surface area contributed by atoms with Gasteiger partial charge in [0.05, 0.1) is 27.8 Å². The Balaban J connectivity index is 1.24. The molecule has 0 unspecified atom stereocenters. The Morgan fingerprint density at radius 3 is 2.63 bits per heavy atom. The summed E-state index contributed by atoms with van der Waals surface area (Å²) in [4.78, 5) is 17.4. The smallest absolute Gasteiger partial charge is 0.234 e. The molecule has 0 saturated carbocycles. The van der Waals surface area contributed by atoms with Gasteiger partial charge in [0, 0.05) is 17.3 Å². The molecule has 5 aromatic rings. The number of anilines is 1. The Bertz CT molecular complexity index is 1500. The average Bonchev–Trinajstić information content (AvgIpc) is 3.55. The first-order chi connectivity index (χ1) is 16.9. The lowest BCUT2D eigenvalue weighted by atomic mass is 10.2. The quantitative estimate of drug-likeness (QED) is 0.247. The first-order valence-electron chi connectivity index (χ1n) is 11.3. The second-order valence-corrected chi connectivity index (χ2v) is 10.5. The van der Waals surface area contributed by atoms with E-state index in [2.05, 4.69) is 54.5 Å². The van der Waals surface area contributed by atoms with Gasteiger partial charge < -0.3 is 9.73 Å². The molecule has 1 N–H and O–H groups in total. The van der Waals surface area contributed by atoms with E-state index in [-0.39, 0.29) is 17.7 Å². The lowest BCUT2D eigenvalue weighted by Crippen LogP contribution is -2.15. The van der Waals surface area contributed by atoms with E-state index >= 15 is 0 Å². The van der Waals surface area contributed by atoms with Crippen LogP contribution in [0.4, 0.5) is 5.69 Å². The van der Waals surface area contributed by atoms with Gasteiger partial charge in [0.15, 0.2) is 11.0 Å². The van der Waals surface area contributed by atoms with Crippen molar-refractivity contribution in [2.24, 2.45) is 0 Å². The number of fused-ring (bicyclic) bond motifs is 1. The van der Waals surface area contributed by atoms with Crippen molar-refractivity contribution in [3.05, 3.63) is 66.1 Å². The third kappa shape index (κ3) is 4.87. The second-order valence-electron chi connectivity index (χ2n) is 8.56. The van der Waals surface area contributed by atoms with Crippen LogP contribution in [0.2, 0.25) is 0 Å². The summed E-state index contributed by atoms with van der Waals surface area (Å²) in [5, 5.41) is 13.3. The molecule has 5 rings (SSSR count). The highest BCUT2D eigenvalue weighted by Crippen LogP contribution is 2.32. The molecule has 178 valence electrons. The zero-order valence-electron chi connectivity index (χ0n) is 19.9. The Morgan fingerprint density at radius 2 is 1.91 bits per heavy atom. The number of aryl methyl sites for hydroxylation is 2. The van der Waals surface area contributed by atoms with Crippen LogP contribution in [-0.2, 0) is 4.79 Å². The van der Waals surface area contributed by atoms with Crippen molar-refractivity contribution in [2.75, 3.05) is 11.1 Å². The van der Waals surface area contributed by atoms with Gasteiger partial charge in [-0.25, -0.2) is 4.98 Å². The maximum absolute atomic E-state index is 12.6. The van der Waals surface area contributed by atoms with Crippen LogP contribution < -0.4 is 5.32 Å². The molecule has 3 heterocycles. The third-order valence-electron chi connectivity index (χ3n) is 5.57. The van der Waals surface area contributed by atoms with Crippen LogP contribution in [0.3, 0.4) is 0 Å². The van der Waals surface area contributed by atoms with Crippen molar-refractivity contribution >= 4 is 44.9 Å². The maximum atomic E-state index is 12.6. The van der Waals surface area contributed by atoms with Crippen molar-refractivity contribution in [3.63, 3.8) is 0 Å². The van der Waals surface area contributed by atoms with Crippen LogP contribution in [0.25, 0.3) is 32.2 Å². The largest absolute Gasteiger partial charge is 0.469 e. The fourth-order valence-electron chi connectivity index (χ4n) is 3.82. The molecular formula is C26H25N5O2S2. The SMILES string of the molecule is Cc1ccc2nc(-c3ccc(NC(=O)CSc4nnc(-c5ccoc5C)n4C(C)C)cc3)sc2c1. The number of benzene rings is 2. The molecule has 0 atom stereocenters. The third-order valence-corrected chi connectivity index (χ3v) is 7.58. The number of thioether (sulfide) groups is 1. The number of aromatic nitrogens is 4. The fraction of sp³-hybridized carbons (Fsp3) is 0.231. The highest BCUT2D eigenvalue weighted by Gasteiger charge is 2.20. The summed E-state index contributed by atoms with van der Waals surface area (Å²) in [7, 11) is 0. The molecule has 35 heavy (non-hydrogen) atoms. The van der Waals surface area contributed by atoms with E-state index in [0.717, 1.165) is 38.9 Å². The molecular weight excluding hydrogens is 478 g/mol. The van der Waals surface area contributed by atoms with E-state index in [4.69, 9.17) is 9.40 Å². The Morgan fingerprint density at radius 1 is 1.11 bits per heavy atom. The van der Waals surface area contributed by atoms with Crippen molar-refractivity contribution in [3.8, 4) is 22.0 Å². The molecule has 0 aliphatic rings. The van der Waals surface area contributed by atoms with Gasteiger partial charge in [-0.05, 0) is 75.7 Å². The monoisotopic (exact) mass is 503 g/mol. The van der Waals surface area contributed by atoms with Crippen LogP contribution >= 0.6 is 23.1 Å². The number of hydrogen-bond acceptors (Lipinski definition) is 7. The molecule has 0 spiro atoms. The number of rotatable bonds is 7. The highest BCUT2D eigenvalue weighted by atomic mass is 32.2. The number of carbonyl (C=O) groups excluding carboxylic acids is 1. The van der Waals surface area contributed by atoms with Crippen LogP contribution in [0, 0.1) is 13.8 Å². The molecule has 2 aromatic carbocycles. The fourth-order valence-corrected chi connectivity index (χ4v) is 5.76. The summed E-state index contributed by atoms with van der Waals surface area (Å²) in [6.45, 7) is 8.12. The number of nitrogens with one attached hydrogen (secondary N) is 1. The zero-order valence-corrected chi connectivity index (χ0v) is 21.5. The minimum Gasteiger partial charge on any atom is -0.469 e. The molecule has 1 amide bonds. The lowest BCUT2D eigenvalue weighted by Gasteiger charge is -2.13. The number of amides is 1. The summed E-state index contributed by atoms with van der Waals surface area (Å²) in [6, 6.07) is 16.1. The Labute approximate surface area is 211 Å². The molecule has 0 aliphatic carbocycles. The number of carbonyl (C=O) groups is 1. The van der Waals surface area contributed by atoms with Crippen LogP contribution in [0.1, 0.15) is 31.2 Å².